The van der Waals surface area contributed by atoms with Crippen molar-refractivity contribution in [2.45, 2.75) is 45.6 Å². The molecule has 1 fully saturated rings. The molecule has 0 atom stereocenters. The predicted octanol–water partition coefficient (Wildman–Crippen LogP) is 2.19. The van der Waals surface area contributed by atoms with Gasteiger partial charge in [-0.2, -0.15) is 0 Å². The van der Waals surface area contributed by atoms with Crippen molar-refractivity contribution in [3.8, 4) is 0 Å². The average molecular weight is 185 g/mol. The molecule has 78 valence electrons. The molecule has 1 aliphatic carbocycles. The summed E-state index contributed by atoms with van der Waals surface area (Å²) in [6.45, 7) is 7.12. The van der Waals surface area contributed by atoms with Crippen LogP contribution in [0, 0.1) is 5.92 Å². The molecule has 0 radical (unpaired) electrons. The third-order valence-electron chi connectivity index (χ3n) is 2.90. The SMILES string of the molecule is CCOCCN[C@H]1CC[C@H](C)CC1. The van der Waals surface area contributed by atoms with Gasteiger partial charge in [0.05, 0.1) is 6.61 Å². The fourth-order valence-electron chi connectivity index (χ4n) is 1.94. The van der Waals surface area contributed by atoms with Crippen LogP contribution in [0.5, 0.6) is 0 Å². The third-order valence-corrected chi connectivity index (χ3v) is 2.90. The van der Waals surface area contributed by atoms with Crippen molar-refractivity contribution in [2.75, 3.05) is 19.8 Å². The summed E-state index contributed by atoms with van der Waals surface area (Å²) in [5.74, 6) is 0.949. The monoisotopic (exact) mass is 185 g/mol. The van der Waals surface area contributed by atoms with Gasteiger partial charge in [0.2, 0.25) is 0 Å². The van der Waals surface area contributed by atoms with Gasteiger partial charge >= 0.3 is 0 Å². The highest BCUT2D eigenvalue weighted by Crippen LogP contribution is 2.23. The molecule has 2 nitrogen and oxygen atoms in total. The normalized spacial score (nSPS) is 29.1. The van der Waals surface area contributed by atoms with Crippen molar-refractivity contribution < 1.29 is 4.74 Å². The van der Waals surface area contributed by atoms with Crippen LogP contribution in [0.4, 0.5) is 0 Å². The topological polar surface area (TPSA) is 21.3 Å². The van der Waals surface area contributed by atoms with E-state index < -0.39 is 0 Å². The third kappa shape index (κ3) is 4.63. The summed E-state index contributed by atoms with van der Waals surface area (Å²) in [7, 11) is 0. The van der Waals surface area contributed by atoms with E-state index in [-0.39, 0.29) is 0 Å². The number of hydrogen-bond donors (Lipinski definition) is 1. The Morgan fingerprint density at radius 3 is 2.54 bits per heavy atom. The first kappa shape index (κ1) is 11.0. The van der Waals surface area contributed by atoms with Crippen molar-refractivity contribution >= 4 is 0 Å². The average Bonchev–Trinajstić information content (AvgIpc) is 2.15. The van der Waals surface area contributed by atoms with Crippen LogP contribution in [0.15, 0.2) is 0 Å². The van der Waals surface area contributed by atoms with Gasteiger partial charge in [0.1, 0.15) is 0 Å². The van der Waals surface area contributed by atoms with Crippen LogP contribution in [-0.4, -0.2) is 25.8 Å². The first-order chi connectivity index (χ1) is 6.33. The molecule has 13 heavy (non-hydrogen) atoms. The molecule has 0 unspecified atom stereocenters. The summed E-state index contributed by atoms with van der Waals surface area (Å²) in [5.41, 5.74) is 0. The molecule has 0 aliphatic heterocycles. The Morgan fingerprint density at radius 2 is 1.92 bits per heavy atom. The molecule has 0 saturated heterocycles. The molecular weight excluding hydrogens is 162 g/mol. The van der Waals surface area contributed by atoms with Crippen LogP contribution in [-0.2, 0) is 4.74 Å². The lowest BCUT2D eigenvalue weighted by molar-refractivity contribution is 0.143. The van der Waals surface area contributed by atoms with Gasteiger partial charge in [-0.25, -0.2) is 0 Å². The number of hydrogen-bond acceptors (Lipinski definition) is 2. The first-order valence-corrected chi connectivity index (χ1v) is 5.64. The van der Waals surface area contributed by atoms with Gasteiger partial charge in [-0.05, 0) is 38.5 Å². The smallest absolute Gasteiger partial charge is 0.0590 e. The Kier molecular flexibility index (Phi) is 5.40. The van der Waals surface area contributed by atoms with Crippen molar-refractivity contribution in [2.24, 2.45) is 5.92 Å². The van der Waals surface area contributed by atoms with E-state index >= 15 is 0 Å². The van der Waals surface area contributed by atoms with Gasteiger partial charge in [-0.1, -0.05) is 6.92 Å². The van der Waals surface area contributed by atoms with E-state index in [0.29, 0.717) is 0 Å². The molecular formula is C11H23NO. The second-order valence-corrected chi connectivity index (χ2v) is 4.11. The van der Waals surface area contributed by atoms with Crippen LogP contribution in [0.3, 0.4) is 0 Å². The maximum absolute atomic E-state index is 5.28. The Bertz CT molecular complexity index is 119. The molecule has 0 bridgehead atoms. The number of ether oxygens (including phenoxy) is 1. The summed E-state index contributed by atoms with van der Waals surface area (Å²) in [5, 5.41) is 3.55. The molecule has 0 aromatic heterocycles. The summed E-state index contributed by atoms with van der Waals surface area (Å²) in [6.07, 6.45) is 5.50. The molecule has 0 aromatic rings. The predicted molar refractivity (Wildman–Crippen MR) is 55.9 cm³/mol. The Morgan fingerprint density at radius 1 is 1.23 bits per heavy atom. The molecule has 1 saturated carbocycles. The zero-order valence-corrected chi connectivity index (χ0v) is 9.01. The standard InChI is InChI=1S/C11H23NO/c1-3-13-9-8-12-11-6-4-10(2)5-7-11/h10-12H,3-9H2,1-2H3/t10-,11-. The lowest BCUT2D eigenvalue weighted by atomic mass is 9.87. The van der Waals surface area contributed by atoms with Crippen molar-refractivity contribution in [3.05, 3.63) is 0 Å². The maximum Gasteiger partial charge on any atom is 0.0590 e. The van der Waals surface area contributed by atoms with Crippen LogP contribution >= 0.6 is 0 Å². The van der Waals surface area contributed by atoms with Crippen LogP contribution < -0.4 is 5.32 Å². The highest BCUT2D eigenvalue weighted by atomic mass is 16.5. The van der Waals surface area contributed by atoms with Gasteiger partial charge < -0.3 is 10.1 Å². The van der Waals surface area contributed by atoms with Gasteiger partial charge in [-0.3, -0.25) is 0 Å². The zero-order valence-electron chi connectivity index (χ0n) is 9.01. The fourth-order valence-corrected chi connectivity index (χ4v) is 1.94. The summed E-state index contributed by atoms with van der Waals surface area (Å²) in [4.78, 5) is 0. The maximum atomic E-state index is 5.28. The highest BCUT2D eigenvalue weighted by molar-refractivity contribution is 4.74. The molecule has 0 heterocycles. The summed E-state index contributed by atoms with van der Waals surface area (Å²) < 4.78 is 5.28. The molecule has 0 spiro atoms. The second-order valence-electron chi connectivity index (χ2n) is 4.11. The van der Waals surface area contributed by atoms with E-state index in [0.717, 1.165) is 31.7 Å². The quantitative estimate of drug-likeness (QED) is 0.663. The minimum Gasteiger partial charge on any atom is -0.380 e. The Hall–Kier alpha value is -0.0800. The van der Waals surface area contributed by atoms with E-state index in [1.54, 1.807) is 0 Å². The van der Waals surface area contributed by atoms with Crippen LogP contribution in [0.2, 0.25) is 0 Å². The van der Waals surface area contributed by atoms with Crippen LogP contribution in [0.25, 0.3) is 0 Å². The van der Waals surface area contributed by atoms with Gasteiger partial charge in [0.25, 0.3) is 0 Å². The van der Waals surface area contributed by atoms with E-state index in [4.69, 9.17) is 4.74 Å². The van der Waals surface area contributed by atoms with E-state index in [2.05, 4.69) is 12.2 Å². The Labute approximate surface area is 82.0 Å². The lowest BCUT2D eigenvalue weighted by Gasteiger charge is -2.26. The minimum atomic E-state index is 0.761. The van der Waals surface area contributed by atoms with E-state index in [1.807, 2.05) is 6.92 Å². The lowest BCUT2D eigenvalue weighted by Crippen LogP contribution is -2.34. The van der Waals surface area contributed by atoms with Crippen molar-refractivity contribution in [3.63, 3.8) is 0 Å². The highest BCUT2D eigenvalue weighted by Gasteiger charge is 2.16. The van der Waals surface area contributed by atoms with Crippen molar-refractivity contribution in [1.82, 2.24) is 5.32 Å². The molecule has 1 aliphatic rings. The fraction of sp³-hybridized carbons (Fsp3) is 1.00. The van der Waals surface area contributed by atoms with Gasteiger partial charge in [0, 0.05) is 19.2 Å². The summed E-state index contributed by atoms with van der Waals surface area (Å²) in [6, 6.07) is 0.761. The molecule has 0 aromatic carbocycles. The first-order valence-electron chi connectivity index (χ1n) is 5.64. The largest absolute Gasteiger partial charge is 0.380 e. The zero-order chi connectivity index (χ0) is 9.52. The van der Waals surface area contributed by atoms with E-state index in [1.165, 1.54) is 25.7 Å². The number of rotatable bonds is 5. The van der Waals surface area contributed by atoms with Gasteiger partial charge in [0.15, 0.2) is 0 Å². The van der Waals surface area contributed by atoms with Crippen LogP contribution in [0.1, 0.15) is 39.5 Å². The molecule has 1 N–H and O–H groups in total. The molecule has 1 rings (SSSR count). The van der Waals surface area contributed by atoms with E-state index in [9.17, 15) is 0 Å². The Balaban J connectivity index is 1.96. The molecule has 2 heteroatoms. The minimum absolute atomic E-state index is 0.761. The van der Waals surface area contributed by atoms with Crippen molar-refractivity contribution in [1.29, 1.82) is 0 Å². The second kappa shape index (κ2) is 6.39. The summed E-state index contributed by atoms with van der Waals surface area (Å²) >= 11 is 0. The molecule has 0 amide bonds. The van der Waals surface area contributed by atoms with Gasteiger partial charge in [-0.15, -0.1) is 0 Å². The number of nitrogens with one attached hydrogen (secondary N) is 1.